The Labute approximate surface area is 175 Å². The van der Waals surface area contributed by atoms with Gasteiger partial charge < -0.3 is 9.84 Å². The molecule has 1 aliphatic rings. The van der Waals surface area contributed by atoms with Crippen molar-refractivity contribution in [2.24, 2.45) is 0 Å². The molecule has 9 heteroatoms. The molecule has 1 N–H and O–H groups in total. The molecule has 29 heavy (non-hydrogen) atoms. The smallest absolute Gasteiger partial charge is 0.340 e. The van der Waals surface area contributed by atoms with E-state index < -0.39 is 29.0 Å². The number of hydrogen-bond acceptors (Lipinski definition) is 7. The second kappa shape index (κ2) is 8.79. The van der Waals surface area contributed by atoms with Gasteiger partial charge in [0.05, 0.1) is 23.5 Å². The molecule has 0 radical (unpaired) electrons. The van der Waals surface area contributed by atoms with Crippen molar-refractivity contribution in [3.63, 3.8) is 0 Å². The first-order valence-electron chi connectivity index (χ1n) is 8.94. The number of aromatic carboxylic acids is 1. The lowest BCUT2D eigenvalue weighted by Gasteiger charge is -2.15. The summed E-state index contributed by atoms with van der Waals surface area (Å²) in [7, 11) is 1.25. The van der Waals surface area contributed by atoms with E-state index in [4.69, 9.17) is 4.74 Å². The van der Waals surface area contributed by atoms with Crippen LogP contribution in [0.25, 0.3) is 0 Å². The molecule has 1 atom stereocenters. The first kappa shape index (κ1) is 21.1. The molecule has 1 aromatic carbocycles. The number of carbonyl (C=O) groups is 4. The third kappa shape index (κ3) is 4.20. The zero-order valence-electron chi connectivity index (χ0n) is 15.8. The van der Waals surface area contributed by atoms with Crippen molar-refractivity contribution < 1.29 is 29.0 Å². The van der Waals surface area contributed by atoms with Crippen LogP contribution >= 0.6 is 23.1 Å². The van der Waals surface area contributed by atoms with Gasteiger partial charge in [0.25, 0.3) is 0 Å². The monoisotopic (exact) mass is 433 g/mol. The van der Waals surface area contributed by atoms with E-state index >= 15 is 0 Å². The molecule has 0 bridgehead atoms. The van der Waals surface area contributed by atoms with Crippen molar-refractivity contribution in [1.29, 1.82) is 0 Å². The van der Waals surface area contributed by atoms with E-state index in [1.807, 2.05) is 6.92 Å². The summed E-state index contributed by atoms with van der Waals surface area (Å²) in [6, 6.07) is 8.01. The number of esters is 1. The number of methoxy groups -OCH3 is 1. The topological polar surface area (TPSA) is 101 Å². The zero-order valence-corrected chi connectivity index (χ0v) is 17.5. The summed E-state index contributed by atoms with van der Waals surface area (Å²) in [6.45, 7) is 2.00. The SMILES string of the molecule is CCCc1cc(C(=O)OC)c(N2C(=O)CC(Sc3ccccc3C(=O)O)C2=O)s1. The number of imide groups is 1. The predicted octanol–water partition coefficient (Wildman–Crippen LogP) is 3.61. The minimum absolute atomic E-state index is 0.0704. The van der Waals surface area contributed by atoms with Gasteiger partial charge in [-0.25, -0.2) is 14.5 Å². The van der Waals surface area contributed by atoms with Crippen LogP contribution in [-0.2, 0) is 20.7 Å². The van der Waals surface area contributed by atoms with Crippen molar-refractivity contribution in [1.82, 2.24) is 0 Å². The molecular formula is C20H19NO6S2. The highest BCUT2D eigenvalue weighted by atomic mass is 32.2. The second-order valence-electron chi connectivity index (χ2n) is 6.35. The van der Waals surface area contributed by atoms with E-state index in [9.17, 15) is 24.3 Å². The molecule has 2 heterocycles. The lowest BCUT2D eigenvalue weighted by atomic mass is 10.2. The normalized spacial score (nSPS) is 16.3. The molecule has 152 valence electrons. The first-order valence-corrected chi connectivity index (χ1v) is 10.6. The summed E-state index contributed by atoms with van der Waals surface area (Å²) >= 11 is 2.28. The highest BCUT2D eigenvalue weighted by Crippen LogP contribution is 2.40. The number of anilines is 1. The molecule has 1 unspecified atom stereocenters. The van der Waals surface area contributed by atoms with Gasteiger partial charge in [0.15, 0.2) is 0 Å². The highest BCUT2D eigenvalue weighted by molar-refractivity contribution is 8.00. The molecule has 2 amide bonds. The zero-order chi connectivity index (χ0) is 21.1. The Morgan fingerprint density at radius 2 is 2.00 bits per heavy atom. The van der Waals surface area contributed by atoms with Gasteiger partial charge in [-0.15, -0.1) is 23.1 Å². The van der Waals surface area contributed by atoms with Gasteiger partial charge in [0, 0.05) is 16.2 Å². The van der Waals surface area contributed by atoms with Gasteiger partial charge in [0.2, 0.25) is 11.8 Å². The second-order valence-corrected chi connectivity index (χ2v) is 8.71. The van der Waals surface area contributed by atoms with Crippen LogP contribution < -0.4 is 4.90 Å². The molecule has 1 fully saturated rings. The molecule has 1 aromatic heterocycles. The molecule has 1 aliphatic heterocycles. The van der Waals surface area contributed by atoms with Crippen LogP contribution in [0, 0.1) is 0 Å². The van der Waals surface area contributed by atoms with Gasteiger partial charge in [-0.05, 0) is 24.6 Å². The van der Waals surface area contributed by atoms with Gasteiger partial charge in [-0.3, -0.25) is 9.59 Å². The Morgan fingerprint density at radius 1 is 1.28 bits per heavy atom. The van der Waals surface area contributed by atoms with Crippen molar-refractivity contribution in [3.05, 3.63) is 46.3 Å². The van der Waals surface area contributed by atoms with E-state index in [2.05, 4.69) is 0 Å². The first-order chi connectivity index (χ1) is 13.9. The number of hydrogen-bond donors (Lipinski definition) is 1. The quantitative estimate of drug-likeness (QED) is 0.526. The maximum Gasteiger partial charge on any atom is 0.340 e. The molecule has 0 aliphatic carbocycles. The van der Waals surface area contributed by atoms with Crippen LogP contribution in [0.4, 0.5) is 5.00 Å². The molecule has 2 aromatic rings. The maximum absolute atomic E-state index is 13.0. The van der Waals surface area contributed by atoms with Crippen molar-refractivity contribution in [2.75, 3.05) is 12.0 Å². The van der Waals surface area contributed by atoms with E-state index in [-0.39, 0.29) is 22.5 Å². The summed E-state index contributed by atoms with van der Waals surface area (Å²) in [5.74, 6) is -2.59. The number of rotatable bonds is 7. The molecule has 0 spiro atoms. The number of aryl methyl sites for hydroxylation is 1. The third-order valence-corrected chi connectivity index (χ3v) is 6.80. The summed E-state index contributed by atoms with van der Waals surface area (Å²) in [5, 5.41) is 8.85. The number of thioether (sulfide) groups is 1. The van der Waals surface area contributed by atoms with Crippen LogP contribution in [0.15, 0.2) is 35.2 Å². The summed E-state index contributed by atoms with van der Waals surface area (Å²) in [4.78, 5) is 51.6. The van der Waals surface area contributed by atoms with Crippen LogP contribution in [-0.4, -0.2) is 41.2 Å². The van der Waals surface area contributed by atoms with Crippen molar-refractivity contribution in [2.45, 2.75) is 36.3 Å². The number of amides is 2. The molecule has 3 rings (SSSR count). The Morgan fingerprint density at radius 3 is 2.66 bits per heavy atom. The van der Waals surface area contributed by atoms with Gasteiger partial charge in [-0.1, -0.05) is 25.5 Å². The largest absolute Gasteiger partial charge is 0.478 e. The number of carbonyl (C=O) groups excluding carboxylic acids is 3. The number of ether oxygens (including phenoxy) is 1. The van der Waals surface area contributed by atoms with E-state index in [0.717, 1.165) is 34.4 Å². The van der Waals surface area contributed by atoms with Crippen LogP contribution in [0.2, 0.25) is 0 Å². The van der Waals surface area contributed by atoms with Gasteiger partial charge in [0.1, 0.15) is 5.00 Å². The lowest BCUT2D eigenvalue weighted by molar-refractivity contribution is -0.121. The minimum atomic E-state index is -1.10. The Hall–Kier alpha value is -2.65. The molecular weight excluding hydrogens is 414 g/mol. The number of benzene rings is 1. The van der Waals surface area contributed by atoms with E-state index in [1.165, 1.54) is 24.5 Å². The average Bonchev–Trinajstić information content (AvgIpc) is 3.22. The van der Waals surface area contributed by atoms with Gasteiger partial charge >= 0.3 is 11.9 Å². The summed E-state index contributed by atoms with van der Waals surface area (Å²) in [6.07, 6.45) is 1.50. The fourth-order valence-electron chi connectivity index (χ4n) is 3.03. The minimum Gasteiger partial charge on any atom is -0.478 e. The van der Waals surface area contributed by atoms with Crippen molar-refractivity contribution in [3.8, 4) is 0 Å². The fraction of sp³-hybridized carbons (Fsp3) is 0.300. The standard InChI is InChI=1S/C20H19NO6S2/c1-3-6-11-9-13(20(26)27-2)18(28-11)21-16(22)10-15(17(21)23)29-14-8-5-4-7-12(14)19(24)25/h4-5,7-9,15H,3,6,10H2,1-2H3,(H,24,25). The van der Waals surface area contributed by atoms with Crippen molar-refractivity contribution >= 4 is 51.9 Å². The fourth-order valence-corrected chi connectivity index (χ4v) is 5.48. The maximum atomic E-state index is 13.0. The Kier molecular flexibility index (Phi) is 6.39. The Balaban J connectivity index is 1.92. The van der Waals surface area contributed by atoms with Crippen LogP contribution in [0.3, 0.4) is 0 Å². The van der Waals surface area contributed by atoms with Gasteiger partial charge in [-0.2, -0.15) is 0 Å². The average molecular weight is 434 g/mol. The van der Waals surface area contributed by atoms with Crippen LogP contribution in [0.5, 0.6) is 0 Å². The Bertz CT molecular complexity index is 983. The lowest BCUT2D eigenvalue weighted by Crippen LogP contribution is -2.31. The molecule has 7 nitrogen and oxygen atoms in total. The van der Waals surface area contributed by atoms with Crippen LogP contribution in [0.1, 0.15) is 45.4 Å². The number of thiophene rings is 1. The van der Waals surface area contributed by atoms with E-state index in [1.54, 1.807) is 24.3 Å². The molecule has 0 saturated carbocycles. The summed E-state index contributed by atoms with van der Waals surface area (Å²) in [5.41, 5.74) is 0.270. The number of carboxylic acid groups (broad SMARTS) is 1. The number of carboxylic acids is 1. The summed E-state index contributed by atoms with van der Waals surface area (Å²) < 4.78 is 4.81. The third-order valence-electron chi connectivity index (χ3n) is 4.36. The highest BCUT2D eigenvalue weighted by Gasteiger charge is 2.43. The van der Waals surface area contributed by atoms with E-state index in [0.29, 0.717) is 4.90 Å². The number of nitrogens with zero attached hydrogens (tertiary/aromatic N) is 1. The predicted molar refractivity (Wildman–Crippen MR) is 110 cm³/mol. The molecule has 1 saturated heterocycles.